The van der Waals surface area contributed by atoms with Crippen molar-refractivity contribution in [2.24, 2.45) is 0 Å². The van der Waals surface area contributed by atoms with Crippen LogP contribution in [-0.2, 0) is 21.2 Å². The second kappa shape index (κ2) is 10.8. The lowest BCUT2D eigenvalue weighted by molar-refractivity contribution is 0.0582. The Morgan fingerprint density at radius 3 is 2.32 bits per heavy atom. The lowest BCUT2D eigenvalue weighted by Crippen LogP contribution is -2.16. The average Bonchev–Trinajstić information content (AvgIpc) is 3.48. The topological polar surface area (TPSA) is 87.4 Å². The van der Waals surface area contributed by atoms with E-state index < -0.39 is 16.0 Å². The second-order valence-corrected chi connectivity index (χ2v) is 11.1. The van der Waals surface area contributed by atoms with E-state index in [1.165, 1.54) is 22.6 Å². The minimum atomic E-state index is -3.78. The number of aromatic nitrogens is 2. The third kappa shape index (κ3) is 5.11. The zero-order valence-electron chi connectivity index (χ0n) is 21.7. The fraction of sp³-hybridized carbons (Fsp3) is 0.310. The molecule has 0 saturated carbocycles. The van der Waals surface area contributed by atoms with Gasteiger partial charge in [0.2, 0.25) is 5.91 Å². The summed E-state index contributed by atoms with van der Waals surface area (Å²) >= 11 is 0. The Morgan fingerprint density at radius 1 is 0.946 bits per heavy atom. The molecule has 0 aliphatic heterocycles. The van der Waals surface area contributed by atoms with Gasteiger partial charge in [0.25, 0.3) is 10.0 Å². The molecular formula is C29H32N2O5S. The van der Waals surface area contributed by atoms with E-state index in [-0.39, 0.29) is 16.5 Å². The van der Waals surface area contributed by atoms with Crippen molar-refractivity contribution in [3.8, 4) is 11.3 Å². The molecule has 7 nitrogen and oxygen atoms in total. The van der Waals surface area contributed by atoms with Crippen LogP contribution in [0.3, 0.4) is 0 Å². The van der Waals surface area contributed by atoms with Crippen LogP contribution < -0.4 is 0 Å². The number of hydrogen-bond donors (Lipinski definition) is 0. The van der Waals surface area contributed by atoms with Crippen molar-refractivity contribution in [2.75, 3.05) is 7.11 Å². The van der Waals surface area contributed by atoms with Crippen molar-refractivity contribution in [3.05, 3.63) is 77.6 Å². The monoisotopic (exact) mass is 520 g/mol. The number of rotatable bonds is 9. The number of aryl methyl sites for hydroxylation is 2. The second-order valence-electron chi connectivity index (χ2n) is 9.26. The molecule has 4 aromatic rings. The predicted octanol–water partition coefficient (Wildman–Crippen LogP) is 6.22. The quantitative estimate of drug-likeness (QED) is 0.193. The first-order chi connectivity index (χ1) is 17.7. The van der Waals surface area contributed by atoms with Gasteiger partial charge >= 0.3 is 5.97 Å². The smallest absolute Gasteiger partial charge is 0.355 e. The van der Waals surface area contributed by atoms with Gasteiger partial charge in [0, 0.05) is 18.5 Å². The van der Waals surface area contributed by atoms with Gasteiger partial charge in [0.1, 0.15) is 5.69 Å². The Kier molecular flexibility index (Phi) is 7.68. The normalized spacial score (nSPS) is 11.7. The molecule has 0 aliphatic carbocycles. The molecule has 0 spiro atoms. The van der Waals surface area contributed by atoms with Crippen molar-refractivity contribution in [1.82, 2.24) is 8.54 Å². The molecule has 2 aromatic carbocycles. The maximum absolute atomic E-state index is 13.3. The first kappa shape index (κ1) is 26.4. The summed E-state index contributed by atoms with van der Waals surface area (Å²) in [7, 11) is -2.48. The molecule has 0 aliphatic rings. The first-order valence-electron chi connectivity index (χ1n) is 12.5. The number of carbonyl (C=O) groups is 2. The highest BCUT2D eigenvalue weighted by Crippen LogP contribution is 2.33. The van der Waals surface area contributed by atoms with E-state index in [2.05, 4.69) is 6.92 Å². The Hall–Kier alpha value is -3.65. The van der Waals surface area contributed by atoms with Crippen LogP contribution in [0.25, 0.3) is 22.2 Å². The largest absolute Gasteiger partial charge is 0.464 e. The van der Waals surface area contributed by atoms with E-state index in [1.54, 1.807) is 54.7 Å². The molecule has 194 valence electrons. The van der Waals surface area contributed by atoms with Crippen molar-refractivity contribution >= 4 is 32.8 Å². The van der Waals surface area contributed by atoms with E-state index >= 15 is 0 Å². The number of carbonyl (C=O) groups excluding carboxylic acids is 2. The fourth-order valence-electron chi connectivity index (χ4n) is 4.69. The summed E-state index contributed by atoms with van der Waals surface area (Å²) in [6.45, 7) is 5.47. The molecule has 0 radical (unpaired) electrons. The van der Waals surface area contributed by atoms with Gasteiger partial charge in [-0.1, -0.05) is 49.9 Å². The van der Waals surface area contributed by atoms with Crippen LogP contribution in [0.4, 0.5) is 0 Å². The van der Waals surface area contributed by atoms with E-state index in [0.29, 0.717) is 23.0 Å². The molecule has 0 bridgehead atoms. The maximum Gasteiger partial charge on any atom is 0.355 e. The van der Waals surface area contributed by atoms with Crippen LogP contribution in [0.15, 0.2) is 65.7 Å². The highest BCUT2D eigenvalue weighted by molar-refractivity contribution is 7.90. The fourth-order valence-corrected chi connectivity index (χ4v) is 6.04. The van der Waals surface area contributed by atoms with Gasteiger partial charge in [-0.05, 0) is 67.3 Å². The summed E-state index contributed by atoms with van der Waals surface area (Å²) in [5, 5.41) is 0.709. The van der Waals surface area contributed by atoms with Crippen molar-refractivity contribution in [1.29, 1.82) is 0 Å². The Balaban J connectivity index is 1.83. The number of ether oxygens (including phenoxy) is 1. The summed E-state index contributed by atoms with van der Waals surface area (Å²) < 4.78 is 34.3. The lowest BCUT2D eigenvalue weighted by Gasteiger charge is -2.12. The highest BCUT2D eigenvalue weighted by Gasteiger charge is 2.25. The number of methoxy groups -OCH3 is 1. The minimum Gasteiger partial charge on any atom is -0.464 e. The number of esters is 1. The van der Waals surface area contributed by atoms with E-state index in [9.17, 15) is 18.0 Å². The summed E-state index contributed by atoms with van der Waals surface area (Å²) in [5.74, 6) is -0.873. The van der Waals surface area contributed by atoms with Crippen LogP contribution >= 0.6 is 0 Å². The van der Waals surface area contributed by atoms with Gasteiger partial charge < -0.3 is 4.74 Å². The third-order valence-corrected chi connectivity index (χ3v) is 8.30. The van der Waals surface area contributed by atoms with Crippen LogP contribution in [0, 0.1) is 6.92 Å². The van der Waals surface area contributed by atoms with Crippen LogP contribution in [0.1, 0.15) is 65.9 Å². The van der Waals surface area contributed by atoms with Crippen molar-refractivity contribution < 1.29 is 22.7 Å². The number of benzene rings is 2. The first-order valence-corrected chi connectivity index (χ1v) is 13.9. The van der Waals surface area contributed by atoms with Gasteiger partial charge in [-0.3, -0.25) is 9.36 Å². The summed E-state index contributed by atoms with van der Waals surface area (Å²) in [5.41, 5.74) is 3.95. The van der Waals surface area contributed by atoms with Gasteiger partial charge in [0.15, 0.2) is 0 Å². The van der Waals surface area contributed by atoms with Gasteiger partial charge in [-0.15, -0.1) is 0 Å². The predicted molar refractivity (Wildman–Crippen MR) is 145 cm³/mol. The summed E-state index contributed by atoms with van der Waals surface area (Å²) in [6.07, 6.45) is 6.44. The van der Waals surface area contributed by atoms with E-state index in [4.69, 9.17) is 4.74 Å². The van der Waals surface area contributed by atoms with Gasteiger partial charge in [-0.2, -0.15) is 0 Å². The molecule has 0 fully saturated rings. The standard InChI is InChI=1S/C29H32N2O5S/c1-5-6-7-8-9-23-19-27(29(33)36-4)31(21(3)32)28(23)24-12-15-26-22(18-24)16-17-30(26)37(34,35)25-13-10-20(2)11-14-25/h10-19H,5-9H2,1-4H3. The summed E-state index contributed by atoms with van der Waals surface area (Å²) in [4.78, 5) is 25.5. The van der Waals surface area contributed by atoms with Crippen molar-refractivity contribution in [3.63, 3.8) is 0 Å². The maximum atomic E-state index is 13.3. The number of unbranched alkanes of at least 4 members (excludes halogenated alkanes) is 3. The minimum absolute atomic E-state index is 0.190. The molecule has 4 rings (SSSR count). The highest BCUT2D eigenvalue weighted by atomic mass is 32.2. The molecular weight excluding hydrogens is 488 g/mol. The molecule has 0 N–H and O–H groups in total. The molecule has 2 heterocycles. The summed E-state index contributed by atoms with van der Waals surface area (Å²) in [6, 6.07) is 15.6. The number of nitrogens with zero attached hydrogens (tertiary/aromatic N) is 2. The molecule has 2 aromatic heterocycles. The van der Waals surface area contributed by atoms with Gasteiger partial charge in [0.05, 0.1) is 23.2 Å². The average molecular weight is 521 g/mol. The Bertz CT molecular complexity index is 1560. The molecule has 0 amide bonds. The number of fused-ring (bicyclic) bond motifs is 1. The number of hydrogen-bond acceptors (Lipinski definition) is 5. The third-order valence-electron chi connectivity index (χ3n) is 6.59. The lowest BCUT2D eigenvalue weighted by atomic mass is 10.0. The SMILES string of the molecule is CCCCCCc1cc(C(=O)OC)n(C(C)=O)c1-c1ccc2c(ccn2S(=O)(=O)c2ccc(C)cc2)c1. The molecule has 8 heteroatoms. The van der Waals surface area contributed by atoms with Crippen LogP contribution in [0.2, 0.25) is 0 Å². The molecule has 0 saturated heterocycles. The van der Waals surface area contributed by atoms with Gasteiger partial charge in [-0.25, -0.2) is 17.2 Å². The molecule has 0 unspecified atom stereocenters. The van der Waals surface area contributed by atoms with E-state index in [0.717, 1.165) is 42.4 Å². The molecule has 37 heavy (non-hydrogen) atoms. The zero-order chi connectivity index (χ0) is 26.7. The molecule has 0 atom stereocenters. The van der Waals surface area contributed by atoms with Crippen molar-refractivity contribution in [2.45, 2.75) is 57.8 Å². The van der Waals surface area contributed by atoms with Crippen LogP contribution in [-0.4, -0.2) is 35.9 Å². The zero-order valence-corrected chi connectivity index (χ0v) is 22.5. The van der Waals surface area contributed by atoms with E-state index in [1.807, 2.05) is 13.0 Å². The van der Waals surface area contributed by atoms with Crippen LogP contribution in [0.5, 0.6) is 0 Å². The Labute approximate surface area is 217 Å². The Morgan fingerprint density at radius 2 is 1.68 bits per heavy atom.